The molecule has 1 aliphatic heterocycles. The highest BCUT2D eigenvalue weighted by Crippen LogP contribution is 2.23. The Balaban J connectivity index is 2.28. The molecule has 96 valence electrons. The lowest BCUT2D eigenvalue weighted by molar-refractivity contribution is -0.141. The second kappa shape index (κ2) is 4.91. The molecule has 18 heavy (non-hydrogen) atoms. The van der Waals surface area contributed by atoms with E-state index in [0.717, 1.165) is 4.90 Å². The fourth-order valence-corrected chi connectivity index (χ4v) is 2.15. The molecule has 0 bridgehead atoms. The fourth-order valence-electron chi connectivity index (χ4n) is 1.96. The molecule has 1 aliphatic rings. The number of amides is 1. The quantitative estimate of drug-likeness (QED) is 0.811. The van der Waals surface area contributed by atoms with E-state index in [1.807, 2.05) is 0 Å². The van der Waals surface area contributed by atoms with E-state index in [1.165, 1.54) is 18.5 Å². The van der Waals surface area contributed by atoms with Crippen molar-refractivity contribution in [2.24, 2.45) is 0 Å². The van der Waals surface area contributed by atoms with E-state index in [-0.39, 0.29) is 23.6 Å². The summed E-state index contributed by atoms with van der Waals surface area (Å²) < 4.78 is 0. The third kappa shape index (κ3) is 2.30. The van der Waals surface area contributed by atoms with E-state index >= 15 is 0 Å². The SMILES string of the molecule is O=C(O)[C@@H]1CC(O)CN1C(=O)c1cnccc1Cl. The van der Waals surface area contributed by atoms with Crippen LogP contribution in [0, 0.1) is 0 Å². The number of aromatic nitrogens is 1. The first-order valence-electron chi connectivity index (χ1n) is 5.32. The van der Waals surface area contributed by atoms with Crippen molar-refractivity contribution >= 4 is 23.5 Å². The van der Waals surface area contributed by atoms with Gasteiger partial charge in [-0.25, -0.2) is 4.79 Å². The van der Waals surface area contributed by atoms with Crippen LogP contribution >= 0.6 is 11.6 Å². The Hall–Kier alpha value is -1.66. The highest BCUT2D eigenvalue weighted by Gasteiger charge is 2.39. The number of nitrogens with zero attached hydrogens (tertiary/aromatic N) is 2. The van der Waals surface area contributed by atoms with Crippen LogP contribution in [0.3, 0.4) is 0 Å². The molecule has 1 saturated heterocycles. The van der Waals surface area contributed by atoms with Crippen LogP contribution in [-0.4, -0.2) is 50.7 Å². The predicted molar refractivity (Wildman–Crippen MR) is 62.3 cm³/mol. The van der Waals surface area contributed by atoms with Crippen LogP contribution in [0.2, 0.25) is 5.02 Å². The number of carbonyl (C=O) groups excluding carboxylic acids is 1. The summed E-state index contributed by atoms with van der Waals surface area (Å²) in [6, 6.07) is 0.431. The monoisotopic (exact) mass is 270 g/mol. The Morgan fingerprint density at radius 1 is 1.50 bits per heavy atom. The van der Waals surface area contributed by atoms with Gasteiger partial charge in [0.25, 0.3) is 5.91 Å². The number of carboxylic acid groups (broad SMARTS) is 1. The van der Waals surface area contributed by atoms with Gasteiger partial charge in [0.2, 0.25) is 0 Å². The van der Waals surface area contributed by atoms with E-state index in [1.54, 1.807) is 0 Å². The maximum absolute atomic E-state index is 12.2. The number of β-amino-alcohol motifs (C(OH)–C–C–N with tert-alkyl or cyclic N) is 1. The highest BCUT2D eigenvalue weighted by molar-refractivity contribution is 6.33. The zero-order chi connectivity index (χ0) is 13.3. The topological polar surface area (TPSA) is 90.7 Å². The van der Waals surface area contributed by atoms with Gasteiger partial charge in [-0.1, -0.05) is 11.6 Å². The number of halogens is 1. The first-order valence-corrected chi connectivity index (χ1v) is 5.70. The molecule has 2 atom stereocenters. The Morgan fingerprint density at radius 2 is 2.22 bits per heavy atom. The van der Waals surface area contributed by atoms with E-state index in [4.69, 9.17) is 16.7 Å². The van der Waals surface area contributed by atoms with Crippen LogP contribution in [0.5, 0.6) is 0 Å². The second-order valence-electron chi connectivity index (χ2n) is 4.06. The van der Waals surface area contributed by atoms with Gasteiger partial charge in [-0.15, -0.1) is 0 Å². The molecular formula is C11H11ClN2O4. The van der Waals surface area contributed by atoms with E-state index in [9.17, 15) is 14.7 Å². The summed E-state index contributed by atoms with van der Waals surface area (Å²) in [4.78, 5) is 28.1. The van der Waals surface area contributed by atoms with Crippen LogP contribution in [0.4, 0.5) is 0 Å². The molecule has 0 aliphatic carbocycles. The standard InChI is InChI=1S/C11H11ClN2O4/c12-8-1-2-13-4-7(8)10(16)14-5-6(15)3-9(14)11(17)18/h1-2,4,6,9,15H,3,5H2,(H,17,18)/t6?,9-/m0/s1. The third-order valence-corrected chi connectivity index (χ3v) is 3.15. The van der Waals surface area contributed by atoms with Crippen molar-refractivity contribution in [3.63, 3.8) is 0 Å². The van der Waals surface area contributed by atoms with Crippen LogP contribution < -0.4 is 0 Å². The van der Waals surface area contributed by atoms with Crippen molar-refractivity contribution in [1.29, 1.82) is 0 Å². The highest BCUT2D eigenvalue weighted by atomic mass is 35.5. The smallest absolute Gasteiger partial charge is 0.326 e. The van der Waals surface area contributed by atoms with Gasteiger partial charge in [0.1, 0.15) is 6.04 Å². The number of aliphatic carboxylic acids is 1. The van der Waals surface area contributed by atoms with Gasteiger partial charge in [-0.3, -0.25) is 9.78 Å². The van der Waals surface area contributed by atoms with Crippen LogP contribution in [0.1, 0.15) is 16.8 Å². The van der Waals surface area contributed by atoms with Crippen molar-refractivity contribution in [3.05, 3.63) is 29.0 Å². The molecule has 7 heteroatoms. The molecule has 0 radical (unpaired) electrons. The Morgan fingerprint density at radius 3 is 2.83 bits per heavy atom. The van der Waals surface area contributed by atoms with Gasteiger partial charge in [0.15, 0.2) is 0 Å². The number of carboxylic acids is 1. The normalized spacial score (nSPS) is 23.1. The van der Waals surface area contributed by atoms with Crippen LogP contribution in [-0.2, 0) is 4.79 Å². The lowest BCUT2D eigenvalue weighted by Gasteiger charge is -2.21. The Labute approximate surface area is 108 Å². The maximum atomic E-state index is 12.2. The average molecular weight is 271 g/mol. The molecule has 0 spiro atoms. The zero-order valence-electron chi connectivity index (χ0n) is 9.28. The molecule has 1 fully saturated rings. The van der Waals surface area contributed by atoms with Gasteiger partial charge in [0, 0.05) is 25.4 Å². The molecule has 2 N–H and O–H groups in total. The van der Waals surface area contributed by atoms with Gasteiger partial charge in [-0.2, -0.15) is 0 Å². The minimum absolute atomic E-state index is 0.0129. The number of pyridine rings is 1. The lowest BCUT2D eigenvalue weighted by Crippen LogP contribution is -2.40. The first-order chi connectivity index (χ1) is 8.50. The van der Waals surface area contributed by atoms with Crippen LogP contribution in [0.25, 0.3) is 0 Å². The molecule has 2 rings (SSSR count). The molecule has 0 saturated carbocycles. The molecule has 1 amide bonds. The lowest BCUT2D eigenvalue weighted by atomic mass is 10.2. The largest absolute Gasteiger partial charge is 0.480 e. The minimum Gasteiger partial charge on any atom is -0.480 e. The molecule has 1 unspecified atom stereocenters. The van der Waals surface area contributed by atoms with Crippen molar-refractivity contribution in [3.8, 4) is 0 Å². The second-order valence-corrected chi connectivity index (χ2v) is 4.46. The van der Waals surface area contributed by atoms with Crippen LogP contribution in [0.15, 0.2) is 18.5 Å². The maximum Gasteiger partial charge on any atom is 0.326 e. The van der Waals surface area contributed by atoms with Crippen molar-refractivity contribution in [1.82, 2.24) is 9.88 Å². The van der Waals surface area contributed by atoms with Gasteiger partial charge in [0.05, 0.1) is 16.7 Å². The number of aliphatic hydroxyl groups is 1. The Kier molecular flexibility index (Phi) is 3.49. The van der Waals surface area contributed by atoms with E-state index < -0.39 is 24.0 Å². The first kappa shape index (κ1) is 12.8. The Bertz CT molecular complexity index is 494. The summed E-state index contributed by atoms with van der Waals surface area (Å²) >= 11 is 5.86. The molecule has 6 nitrogen and oxygen atoms in total. The predicted octanol–water partition coefficient (Wildman–Crippen LogP) is 0.395. The van der Waals surface area contributed by atoms with E-state index in [2.05, 4.69) is 4.98 Å². The fraction of sp³-hybridized carbons (Fsp3) is 0.364. The molecule has 2 heterocycles. The number of hydrogen-bond donors (Lipinski definition) is 2. The summed E-state index contributed by atoms with van der Waals surface area (Å²) in [5, 5.41) is 18.7. The van der Waals surface area contributed by atoms with Gasteiger partial charge >= 0.3 is 5.97 Å². The summed E-state index contributed by atoms with van der Waals surface area (Å²) in [6.45, 7) is -0.0129. The van der Waals surface area contributed by atoms with Gasteiger partial charge in [-0.05, 0) is 6.07 Å². The van der Waals surface area contributed by atoms with Crippen molar-refractivity contribution < 1.29 is 19.8 Å². The number of likely N-dealkylation sites (tertiary alicyclic amines) is 1. The molecule has 0 aromatic carbocycles. The molecular weight excluding hydrogens is 260 g/mol. The van der Waals surface area contributed by atoms with Crippen molar-refractivity contribution in [2.45, 2.75) is 18.6 Å². The molecule has 1 aromatic rings. The number of aliphatic hydroxyl groups excluding tert-OH is 1. The third-order valence-electron chi connectivity index (χ3n) is 2.82. The molecule has 1 aromatic heterocycles. The average Bonchev–Trinajstić information content (AvgIpc) is 2.71. The number of carbonyl (C=O) groups is 2. The summed E-state index contributed by atoms with van der Waals surface area (Å²) in [7, 11) is 0. The summed E-state index contributed by atoms with van der Waals surface area (Å²) in [6.07, 6.45) is 1.92. The van der Waals surface area contributed by atoms with E-state index in [0.29, 0.717) is 0 Å². The zero-order valence-corrected chi connectivity index (χ0v) is 10.0. The summed E-state index contributed by atoms with van der Waals surface area (Å²) in [5.41, 5.74) is 0.138. The van der Waals surface area contributed by atoms with Gasteiger partial charge < -0.3 is 15.1 Å². The minimum atomic E-state index is -1.14. The summed E-state index contributed by atoms with van der Waals surface area (Å²) in [5.74, 6) is -1.67. The number of hydrogen-bond acceptors (Lipinski definition) is 4. The number of rotatable bonds is 2. The van der Waals surface area contributed by atoms with Crippen molar-refractivity contribution in [2.75, 3.05) is 6.54 Å².